The highest BCUT2D eigenvalue weighted by atomic mass is 16.4. The number of rotatable bonds is 8. The minimum atomic E-state index is -0.903. The quantitative estimate of drug-likeness (QED) is 0.497. The molecule has 0 fully saturated rings. The molecule has 0 rings (SSSR count). The Hall–Kier alpha value is -1.36. The number of hydrogen-bond acceptors (Lipinski definition) is 3. The van der Waals surface area contributed by atoms with E-state index in [1.54, 1.807) is 6.08 Å². The average molecular weight is 201 g/mol. The molecule has 80 valence electrons. The van der Waals surface area contributed by atoms with Crippen LogP contribution in [0, 0.1) is 0 Å². The van der Waals surface area contributed by atoms with Crippen molar-refractivity contribution in [3.8, 4) is 0 Å². The van der Waals surface area contributed by atoms with Gasteiger partial charge in [0.15, 0.2) is 0 Å². The SMILES string of the molecule is C=CCC(CC(=O)O)NCCC(=O)O. The zero-order valence-corrected chi connectivity index (χ0v) is 7.90. The van der Waals surface area contributed by atoms with E-state index in [1.165, 1.54) is 0 Å². The number of aliphatic carboxylic acids is 2. The van der Waals surface area contributed by atoms with Gasteiger partial charge >= 0.3 is 11.9 Å². The molecular weight excluding hydrogens is 186 g/mol. The van der Waals surface area contributed by atoms with E-state index in [1.807, 2.05) is 0 Å². The van der Waals surface area contributed by atoms with E-state index in [-0.39, 0.29) is 25.4 Å². The third-order valence-corrected chi connectivity index (χ3v) is 1.64. The molecule has 0 aromatic rings. The van der Waals surface area contributed by atoms with Crippen LogP contribution >= 0.6 is 0 Å². The van der Waals surface area contributed by atoms with Crippen molar-refractivity contribution in [3.63, 3.8) is 0 Å². The van der Waals surface area contributed by atoms with Gasteiger partial charge in [-0.3, -0.25) is 9.59 Å². The molecule has 0 bridgehead atoms. The second-order valence-corrected chi connectivity index (χ2v) is 2.92. The van der Waals surface area contributed by atoms with Gasteiger partial charge in [0.1, 0.15) is 0 Å². The molecule has 0 aliphatic rings. The van der Waals surface area contributed by atoms with Crippen LogP contribution in [-0.4, -0.2) is 34.7 Å². The number of carboxylic acids is 2. The smallest absolute Gasteiger partial charge is 0.304 e. The fourth-order valence-corrected chi connectivity index (χ4v) is 1.03. The van der Waals surface area contributed by atoms with Gasteiger partial charge in [0.05, 0.1) is 12.8 Å². The lowest BCUT2D eigenvalue weighted by atomic mass is 10.1. The summed E-state index contributed by atoms with van der Waals surface area (Å²) in [5.74, 6) is -1.80. The molecule has 5 heteroatoms. The van der Waals surface area contributed by atoms with E-state index < -0.39 is 11.9 Å². The lowest BCUT2D eigenvalue weighted by molar-refractivity contribution is -0.137. The van der Waals surface area contributed by atoms with E-state index >= 15 is 0 Å². The fraction of sp³-hybridized carbons (Fsp3) is 0.556. The zero-order chi connectivity index (χ0) is 11.0. The maximum Gasteiger partial charge on any atom is 0.304 e. The predicted molar refractivity (Wildman–Crippen MR) is 51.1 cm³/mol. The van der Waals surface area contributed by atoms with Crippen LogP contribution < -0.4 is 5.32 Å². The van der Waals surface area contributed by atoms with Crippen molar-refractivity contribution in [2.45, 2.75) is 25.3 Å². The predicted octanol–water partition coefficient (Wildman–Crippen LogP) is 0.470. The molecule has 14 heavy (non-hydrogen) atoms. The Morgan fingerprint density at radius 1 is 1.36 bits per heavy atom. The zero-order valence-electron chi connectivity index (χ0n) is 7.90. The summed E-state index contributed by atoms with van der Waals surface area (Å²) < 4.78 is 0. The van der Waals surface area contributed by atoms with Crippen LogP contribution in [0.5, 0.6) is 0 Å². The monoisotopic (exact) mass is 201 g/mol. The average Bonchev–Trinajstić information content (AvgIpc) is 2.02. The molecule has 0 aromatic heterocycles. The van der Waals surface area contributed by atoms with Crippen molar-refractivity contribution < 1.29 is 19.8 Å². The summed E-state index contributed by atoms with van der Waals surface area (Å²) in [4.78, 5) is 20.6. The van der Waals surface area contributed by atoms with Crippen LogP contribution in [0.25, 0.3) is 0 Å². The first-order valence-electron chi connectivity index (χ1n) is 4.34. The molecule has 0 aliphatic heterocycles. The molecule has 0 saturated carbocycles. The summed E-state index contributed by atoms with van der Waals surface area (Å²) in [5.41, 5.74) is 0. The van der Waals surface area contributed by atoms with Gasteiger partial charge in [0.2, 0.25) is 0 Å². The molecule has 1 atom stereocenters. The molecule has 3 N–H and O–H groups in total. The van der Waals surface area contributed by atoms with Crippen LogP contribution in [0.2, 0.25) is 0 Å². The van der Waals surface area contributed by atoms with Gasteiger partial charge in [-0.15, -0.1) is 6.58 Å². The number of carboxylic acid groups (broad SMARTS) is 2. The highest BCUT2D eigenvalue weighted by molar-refractivity contribution is 5.68. The Kier molecular flexibility index (Phi) is 6.39. The first-order chi connectivity index (χ1) is 6.56. The largest absolute Gasteiger partial charge is 0.481 e. The summed E-state index contributed by atoms with van der Waals surface area (Å²) in [6.45, 7) is 3.78. The highest BCUT2D eigenvalue weighted by Gasteiger charge is 2.10. The van der Waals surface area contributed by atoms with Crippen LogP contribution in [0.3, 0.4) is 0 Å². The van der Waals surface area contributed by atoms with Crippen LogP contribution in [-0.2, 0) is 9.59 Å². The van der Waals surface area contributed by atoms with Gasteiger partial charge in [0, 0.05) is 12.6 Å². The van der Waals surface area contributed by atoms with E-state index in [4.69, 9.17) is 10.2 Å². The molecule has 0 heterocycles. The molecule has 0 spiro atoms. The van der Waals surface area contributed by atoms with Gasteiger partial charge < -0.3 is 15.5 Å². The van der Waals surface area contributed by atoms with Crippen LogP contribution in [0.4, 0.5) is 0 Å². The van der Waals surface area contributed by atoms with E-state index in [9.17, 15) is 9.59 Å². The summed E-state index contributed by atoms with van der Waals surface area (Å²) in [5, 5.41) is 19.7. The molecular formula is C9H15NO4. The Morgan fingerprint density at radius 3 is 2.43 bits per heavy atom. The van der Waals surface area contributed by atoms with Gasteiger partial charge in [-0.2, -0.15) is 0 Å². The highest BCUT2D eigenvalue weighted by Crippen LogP contribution is 1.99. The normalized spacial score (nSPS) is 12.0. The lowest BCUT2D eigenvalue weighted by Gasteiger charge is -2.13. The first-order valence-corrected chi connectivity index (χ1v) is 4.34. The Bertz CT molecular complexity index is 215. The van der Waals surface area contributed by atoms with Gasteiger partial charge in [-0.1, -0.05) is 6.08 Å². The third kappa shape index (κ3) is 7.30. The maximum absolute atomic E-state index is 10.4. The fourth-order valence-electron chi connectivity index (χ4n) is 1.03. The standard InChI is InChI=1S/C9H15NO4/c1-2-3-7(6-9(13)14)10-5-4-8(11)12/h2,7,10H,1,3-6H2,(H,11,12)(H,13,14). The third-order valence-electron chi connectivity index (χ3n) is 1.64. The van der Waals surface area contributed by atoms with Crippen LogP contribution in [0.15, 0.2) is 12.7 Å². The van der Waals surface area contributed by atoms with Gasteiger partial charge in [-0.05, 0) is 6.42 Å². The van der Waals surface area contributed by atoms with E-state index in [2.05, 4.69) is 11.9 Å². The van der Waals surface area contributed by atoms with Crippen molar-refractivity contribution >= 4 is 11.9 Å². The van der Waals surface area contributed by atoms with Crippen molar-refractivity contribution in [1.29, 1.82) is 0 Å². The van der Waals surface area contributed by atoms with Crippen molar-refractivity contribution in [2.24, 2.45) is 0 Å². The second-order valence-electron chi connectivity index (χ2n) is 2.92. The number of hydrogen-bond donors (Lipinski definition) is 3. The summed E-state index contributed by atoms with van der Waals surface area (Å²) in [6, 6.07) is -0.232. The molecule has 1 unspecified atom stereocenters. The van der Waals surface area contributed by atoms with Gasteiger partial charge in [-0.25, -0.2) is 0 Å². The first kappa shape index (κ1) is 12.6. The van der Waals surface area contributed by atoms with E-state index in [0.29, 0.717) is 6.42 Å². The van der Waals surface area contributed by atoms with E-state index in [0.717, 1.165) is 0 Å². The lowest BCUT2D eigenvalue weighted by Crippen LogP contribution is -2.32. The Morgan fingerprint density at radius 2 is 2.00 bits per heavy atom. The molecule has 0 aromatic carbocycles. The van der Waals surface area contributed by atoms with Crippen LogP contribution in [0.1, 0.15) is 19.3 Å². The molecule has 5 nitrogen and oxygen atoms in total. The molecule has 0 amide bonds. The van der Waals surface area contributed by atoms with Crippen molar-refractivity contribution in [3.05, 3.63) is 12.7 Å². The molecule has 0 radical (unpaired) electrons. The molecule has 0 saturated heterocycles. The molecule has 0 aliphatic carbocycles. The maximum atomic E-state index is 10.4. The minimum Gasteiger partial charge on any atom is -0.481 e. The topological polar surface area (TPSA) is 86.6 Å². The Labute approximate surface area is 82.4 Å². The van der Waals surface area contributed by atoms with Crippen molar-refractivity contribution in [2.75, 3.05) is 6.54 Å². The van der Waals surface area contributed by atoms with Crippen molar-refractivity contribution in [1.82, 2.24) is 5.32 Å². The van der Waals surface area contributed by atoms with Gasteiger partial charge in [0.25, 0.3) is 0 Å². The number of carbonyl (C=O) groups is 2. The minimum absolute atomic E-state index is 0.00668. The second kappa shape index (κ2) is 7.08. The summed E-state index contributed by atoms with van der Waals surface area (Å²) >= 11 is 0. The summed E-state index contributed by atoms with van der Waals surface area (Å²) in [6.07, 6.45) is 2.10. The Balaban J connectivity index is 3.77. The number of nitrogens with one attached hydrogen (secondary N) is 1. The summed E-state index contributed by atoms with van der Waals surface area (Å²) in [7, 11) is 0.